The van der Waals surface area contributed by atoms with Crippen molar-refractivity contribution in [2.45, 2.75) is 23.7 Å². The number of hydrogen-bond acceptors (Lipinski definition) is 4. The molecule has 1 saturated heterocycles. The van der Waals surface area contributed by atoms with Crippen LogP contribution in [0.5, 0.6) is 0 Å². The Labute approximate surface area is 138 Å². The summed E-state index contributed by atoms with van der Waals surface area (Å²) in [6, 6.07) is 4.34. The smallest absolute Gasteiger partial charge is 0.243 e. The Morgan fingerprint density at radius 1 is 1.23 bits per heavy atom. The second kappa shape index (κ2) is 6.16. The summed E-state index contributed by atoms with van der Waals surface area (Å²) in [6.45, 7) is 0.832. The van der Waals surface area contributed by atoms with Gasteiger partial charge in [0.25, 0.3) is 0 Å². The predicted molar refractivity (Wildman–Crippen MR) is 83.6 cm³/mol. The fourth-order valence-corrected chi connectivity index (χ4v) is 4.87. The van der Waals surface area contributed by atoms with Gasteiger partial charge in [0.15, 0.2) is 0 Å². The highest BCUT2D eigenvalue weighted by Gasteiger charge is 2.32. The van der Waals surface area contributed by atoms with Gasteiger partial charge in [-0.1, -0.05) is 23.2 Å². The third-order valence-corrected chi connectivity index (χ3v) is 5.96. The lowest BCUT2D eigenvalue weighted by Crippen LogP contribution is -2.39. The zero-order valence-electron chi connectivity index (χ0n) is 11.5. The lowest BCUT2D eigenvalue weighted by Gasteiger charge is -2.30. The highest BCUT2D eigenvalue weighted by molar-refractivity contribution is 7.89. The van der Waals surface area contributed by atoms with Crippen molar-refractivity contribution in [3.8, 4) is 0 Å². The lowest BCUT2D eigenvalue weighted by atomic mass is 9.99. The molecule has 2 heterocycles. The van der Waals surface area contributed by atoms with Gasteiger partial charge in [0, 0.05) is 29.1 Å². The first kappa shape index (κ1) is 15.7. The molecule has 0 aliphatic carbocycles. The van der Waals surface area contributed by atoms with Gasteiger partial charge in [-0.25, -0.2) is 13.4 Å². The predicted octanol–water partition coefficient (Wildman–Crippen LogP) is 2.68. The van der Waals surface area contributed by atoms with Crippen LogP contribution in [0, 0.1) is 0 Å². The molecular formula is C13H14Cl2N4O2S. The van der Waals surface area contributed by atoms with E-state index in [1.807, 2.05) is 0 Å². The lowest BCUT2D eigenvalue weighted by molar-refractivity contribution is 0.309. The molecule has 1 aliphatic rings. The average Bonchev–Trinajstić information content (AvgIpc) is 3.00. The summed E-state index contributed by atoms with van der Waals surface area (Å²) in [6.07, 6.45) is 3.07. The number of hydrogen-bond donors (Lipinski definition) is 1. The number of nitrogens with zero attached hydrogens (tertiary/aromatic N) is 3. The van der Waals surface area contributed by atoms with Crippen molar-refractivity contribution in [1.29, 1.82) is 0 Å². The second-order valence-electron chi connectivity index (χ2n) is 5.18. The highest BCUT2D eigenvalue weighted by Crippen LogP contribution is 2.30. The maximum atomic E-state index is 12.8. The van der Waals surface area contributed by atoms with E-state index in [1.54, 1.807) is 0 Å². The fraction of sp³-hybridized carbons (Fsp3) is 0.385. The van der Waals surface area contributed by atoms with Crippen LogP contribution >= 0.6 is 23.2 Å². The number of benzene rings is 1. The highest BCUT2D eigenvalue weighted by atomic mass is 35.5. The largest absolute Gasteiger partial charge is 0.263 e. The first-order valence-corrected chi connectivity index (χ1v) is 8.98. The molecule has 1 N–H and O–H groups in total. The van der Waals surface area contributed by atoms with Crippen molar-refractivity contribution < 1.29 is 8.42 Å². The molecule has 0 amide bonds. The number of piperidine rings is 1. The number of H-pyrrole nitrogens is 1. The first-order chi connectivity index (χ1) is 10.5. The summed E-state index contributed by atoms with van der Waals surface area (Å²) in [5.41, 5.74) is 0. The van der Waals surface area contributed by atoms with Crippen molar-refractivity contribution >= 4 is 33.2 Å². The average molecular weight is 361 g/mol. The van der Waals surface area contributed by atoms with Crippen molar-refractivity contribution in [1.82, 2.24) is 19.5 Å². The number of nitrogens with one attached hydrogen (secondary N) is 1. The van der Waals surface area contributed by atoms with Crippen LogP contribution < -0.4 is 0 Å². The van der Waals surface area contributed by atoms with Gasteiger partial charge in [0.2, 0.25) is 10.0 Å². The van der Waals surface area contributed by atoms with Crippen molar-refractivity contribution in [3.05, 3.63) is 40.4 Å². The molecule has 1 fully saturated rings. The van der Waals surface area contributed by atoms with E-state index >= 15 is 0 Å². The molecule has 0 bridgehead atoms. The molecule has 22 heavy (non-hydrogen) atoms. The summed E-state index contributed by atoms with van der Waals surface area (Å²) in [7, 11) is -3.63. The minimum Gasteiger partial charge on any atom is -0.263 e. The summed E-state index contributed by atoms with van der Waals surface area (Å²) >= 11 is 11.8. The zero-order valence-corrected chi connectivity index (χ0v) is 13.9. The molecule has 3 rings (SSSR count). The second-order valence-corrected chi connectivity index (χ2v) is 7.99. The summed E-state index contributed by atoms with van der Waals surface area (Å²) in [5.74, 6) is 0.727. The Morgan fingerprint density at radius 3 is 2.59 bits per heavy atom. The minimum atomic E-state index is -3.63. The molecule has 118 valence electrons. The Morgan fingerprint density at radius 2 is 1.95 bits per heavy atom. The van der Waals surface area contributed by atoms with Crippen molar-refractivity contribution in [3.63, 3.8) is 0 Å². The molecule has 2 aromatic rings. The standard InChI is InChI=1S/C13H14Cl2N4O2S/c14-10-4-11(15)6-12(5-10)22(20,21)19-3-1-2-9(7-19)13-16-8-17-18-13/h4-6,8-9H,1-3,7H2,(H,16,17,18)/t9-/m1/s1. The Hall–Kier alpha value is -1.15. The van der Waals surface area contributed by atoms with Gasteiger partial charge in [0.05, 0.1) is 4.90 Å². The maximum Gasteiger partial charge on any atom is 0.243 e. The van der Waals surface area contributed by atoms with E-state index in [4.69, 9.17) is 23.2 Å². The Balaban J connectivity index is 1.88. The Kier molecular flexibility index (Phi) is 4.40. The van der Waals surface area contributed by atoms with Crippen LogP contribution in [0.2, 0.25) is 10.0 Å². The van der Waals surface area contributed by atoms with Crippen LogP contribution in [0.15, 0.2) is 29.4 Å². The molecule has 0 unspecified atom stereocenters. The van der Waals surface area contributed by atoms with E-state index < -0.39 is 10.0 Å². The van der Waals surface area contributed by atoms with E-state index in [2.05, 4.69) is 15.2 Å². The monoisotopic (exact) mass is 360 g/mol. The first-order valence-electron chi connectivity index (χ1n) is 6.78. The molecule has 1 aromatic carbocycles. The summed E-state index contributed by atoms with van der Waals surface area (Å²) < 4.78 is 27.0. The van der Waals surface area contributed by atoms with E-state index in [1.165, 1.54) is 28.8 Å². The molecule has 1 aromatic heterocycles. The van der Waals surface area contributed by atoms with Crippen LogP contribution in [-0.2, 0) is 10.0 Å². The summed E-state index contributed by atoms with van der Waals surface area (Å²) in [4.78, 5) is 4.24. The molecule has 0 saturated carbocycles. The number of aromatic amines is 1. The van der Waals surface area contributed by atoms with Gasteiger partial charge >= 0.3 is 0 Å². The molecule has 6 nitrogen and oxygen atoms in total. The van der Waals surface area contributed by atoms with Gasteiger partial charge in [0.1, 0.15) is 12.2 Å². The molecule has 0 radical (unpaired) electrons. The SMILES string of the molecule is O=S(=O)(c1cc(Cl)cc(Cl)c1)N1CCC[C@@H](c2ncn[nH]2)C1. The minimum absolute atomic E-state index is 0.0145. The van der Waals surface area contributed by atoms with E-state index in [0.717, 1.165) is 12.8 Å². The molecular weight excluding hydrogens is 347 g/mol. The number of aromatic nitrogens is 3. The van der Waals surface area contributed by atoms with Gasteiger partial charge < -0.3 is 0 Å². The van der Waals surface area contributed by atoms with Crippen molar-refractivity contribution in [2.24, 2.45) is 0 Å². The van der Waals surface area contributed by atoms with E-state index in [0.29, 0.717) is 29.0 Å². The number of halogens is 2. The molecule has 1 atom stereocenters. The fourth-order valence-electron chi connectivity index (χ4n) is 2.62. The zero-order chi connectivity index (χ0) is 15.7. The normalized spacial score (nSPS) is 20.2. The van der Waals surface area contributed by atoms with E-state index in [9.17, 15) is 8.42 Å². The topological polar surface area (TPSA) is 79.0 Å². The third kappa shape index (κ3) is 3.12. The van der Waals surface area contributed by atoms with Crippen LogP contribution in [0.1, 0.15) is 24.6 Å². The quantitative estimate of drug-likeness (QED) is 0.912. The van der Waals surface area contributed by atoms with Crippen LogP contribution in [0.25, 0.3) is 0 Å². The van der Waals surface area contributed by atoms with Crippen LogP contribution in [0.3, 0.4) is 0 Å². The van der Waals surface area contributed by atoms with Gasteiger partial charge in [-0.3, -0.25) is 5.10 Å². The number of sulfonamides is 1. The van der Waals surface area contributed by atoms with Crippen molar-refractivity contribution in [2.75, 3.05) is 13.1 Å². The van der Waals surface area contributed by atoms with Gasteiger partial charge in [-0.2, -0.15) is 9.40 Å². The number of rotatable bonds is 3. The Bertz CT molecular complexity index is 744. The third-order valence-electron chi connectivity index (χ3n) is 3.68. The van der Waals surface area contributed by atoms with Gasteiger partial charge in [-0.05, 0) is 31.0 Å². The molecule has 1 aliphatic heterocycles. The maximum absolute atomic E-state index is 12.8. The van der Waals surface area contributed by atoms with Gasteiger partial charge in [-0.15, -0.1) is 0 Å². The van der Waals surface area contributed by atoms with E-state index in [-0.39, 0.29) is 10.8 Å². The molecule has 0 spiro atoms. The summed E-state index contributed by atoms with van der Waals surface area (Å²) in [5, 5.41) is 7.24. The molecule has 9 heteroatoms. The van der Waals surface area contributed by atoms with Crippen LogP contribution in [-0.4, -0.2) is 41.0 Å². The van der Waals surface area contributed by atoms with Crippen LogP contribution in [0.4, 0.5) is 0 Å².